The molecule has 3 aromatic heterocycles. The Morgan fingerprint density at radius 3 is 2.48 bits per heavy atom. The van der Waals surface area contributed by atoms with Gasteiger partial charge in [0, 0.05) is 36.3 Å². The second kappa shape index (κ2) is 9.56. The SMILES string of the molecule is Cc1n[nH]c(C)c1-c1ccc(NC(=O)[C@@H](NC(=O)c2ccnn2C)[C@H]2CC[C@H](C)CC2)nc1. The number of carbonyl (C=O) groups excluding carboxylic acids is 2. The minimum atomic E-state index is -0.639. The third kappa shape index (κ3) is 4.97. The third-order valence-electron chi connectivity index (χ3n) is 6.59. The van der Waals surface area contributed by atoms with Crippen LogP contribution in [0.4, 0.5) is 5.82 Å². The van der Waals surface area contributed by atoms with Crippen LogP contribution in [0.1, 0.15) is 54.5 Å². The van der Waals surface area contributed by atoms with Crippen molar-refractivity contribution in [2.75, 3.05) is 5.32 Å². The van der Waals surface area contributed by atoms with Gasteiger partial charge in [-0.25, -0.2) is 4.98 Å². The van der Waals surface area contributed by atoms with Crippen molar-refractivity contribution in [2.45, 2.75) is 52.5 Å². The zero-order valence-corrected chi connectivity index (χ0v) is 19.6. The predicted octanol–water partition coefficient (Wildman–Crippen LogP) is 3.39. The van der Waals surface area contributed by atoms with Gasteiger partial charge in [0.25, 0.3) is 5.91 Å². The van der Waals surface area contributed by atoms with Gasteiger partial charge in [-0.1, -0.05) is 19.8 Å². The highest BCUT2D eigenvalue weighted by Crippen LogP contribution is 2.31. The van der Waals surface area contributed by atoms with E-state index >= 15 is 0 Å². The summed E-state index contributed by atoms with van der Waals surface area (Å²) in [5.41, 5.74) is 4.23. The molecule has 1 saturated carbocycles. The van der Waals surface area contributed by atoms with Crippen molar-refractivity contribution in [1.82, 2.24) is 30.3 Å². The molecule has 1 aliphatic rings. The Balaban J connectivity index is 1.51. The minimum absolute atomic E-state index is 0.0777. The van der Waals surface area contributed by atoms with Crippen LogP contribution < -0.4 is 10.6 Å². The van der Waals surface area contributed by atoms with Crippen LogP contribution in [0.2, 0.25) is 0 Å². The van der Waals surface area contributed by atoms with Crippen molar-refractivity contribution < 1.29 is 9.59 Å². The molecule has 2 amide bonds. The molecule has 3 aromatic rings. The molecule has 0 aromatic carbocycles. The molecule has 0 bridgehead atoms. The quantitative estimate of drug-likeness (QED) is 0.533. The molecule has 1 fully saturated rings. The van der Waals surface area contributed by atoms with E-state index in [0.29, 0.717) is 17.4 Å². The molecule has 9 nitrogen and oxygen atoms in total. The summed E-state index contributed by atoms with van der Waals surface area (Å²) in [7, 11) is 1.71. The number of nitrogens with zero attached hydrogens (tertiary/aromatic N) is 4. The maximum absolute atomic E-state index is 13.3. The van der Waals surface area contributed by atoms with Gasteiger partial charge in [0.2, 0.25) is 5.91 Å². The summed E-state index contributed by atoms with van der Waals surface area (Å²) in [5.74, 6) is 0.617. The molecule has 0 aliphatic heterocycles. The van der Waals surface area contributed by atoms with Gasteiger partial charge in [0.15, 0.2) is 0 Å². The number of aryl methyl sites for hydroxylation is 3. The summed E-state index contributed by atoms with van der Waals surface area (Å²) in [5, 5.41) is 17.1. The molecule has 0 spiro atoms. The van der Waals surface area contributed by atoms with Crippen molar-refractivity contribution >= 4 is 17.6 Å². The number of carbonyl (C=O) groups is 2. The smallest absolute Gasteiger partial charge is 0.270 e. The second-order valence-electron chi connectivity index (χ2n) is 9.04. The number of pyridine rings is 1. The average molecular weight is 450 g/mol. The molecular formula is C24H31N7O2. The predicted molar refractivity (Wildman–Crippen MR) is 126 cm³/mol. The number of hydrogen-bond donors (Lipinski definition) is 3. The molecule has 0 unspecified atom stereocenters. The monoisotopic (exact) mass is 449 g/mol. The van der Waals surface area contributed by atoms with Crippen LogP contribution in [0.5, 0.6) is 0 Å². The first kappa shape index (κ1) is 22.7. The first-order valence-electron chi connectivity index (χ1n) is 11.4. The lowest BCUT2D eigenvalue weighted by molar-refractivity contribution is -0.119. The molecular weight excluding hydrogens is 418 g/mol. The maximum atomic E-state index is 13.3. The van der Waals surface area contributed by atoms with Crippen molar-refractivity contribution in [3.05, 3.63) is 47.7 Å². The van der Waals surface area contributed by atoms with Gasteiger partial charge in [-0.3, -0.25) is 19.4 Å². The highest BCUT2D eigenvalue weighted by molar-refractivity contribution is 6.00. The van der Waals surface area contributed by atoms with Gasteiger partial charge in [-0.05, 0) is 56.7 Å². The Labute approximate surface area is 193 Å². The Kier molecular flexibility index (Phi) is 6.57. The fourth-order valence-electron chi connectivity index (χ4n) is 4.62. The second-order valence-corrected chi connectivity index (χ2v) is 9.04. The number of aromatic amines is 1. The zero-order chi connectivity index (χ0) is 23.5. The number of H-pyrrole nitrogens is 1. The fourth-order valence-corrected chi connectivity index (χ4v) is 4.62. The van der Waals surface area contributed by atoms with E-state index in [-0.39, 0.29) is 17.7 Å². The number of nitrogens with one attached hydrogen (secondary N) is 3. The van der Waals surface area contributed by atoms with E-state index < -0.39 is 6.04 Å². The molecule has 3 heterocycles. The third-order valence-corrected chi connectivity index (χ3v) is 6.59. The lowest BCUT2D eigenvalue weighted by atomic mass is 9.79. The largest absolute Gasteiger partial charge is 0.339 e. The lowest BCUT2D eigenvalue weighted by Crippen LogP contribution is -2.49. The molecule has 9 heteroatoms. The number of rotatable bonds is 6. The van der Waals surface area contributed by atoms with Gasteiger partial charge < -0.3 is 10.6 Å². The fraction of sp³-hybridized carbons (Fsp3) is 0.458. The maximum Gasteiger partial charge on any atom is 0.270 e. The number of anilines is 1. The van der Waals surface area contributed by atoms with Crippen LogP contribution in [0, 0.1) is 25.7 Å². The van der Waals surface area contributed by atoms with E-state index in [1.54, 1.807) is 31.6 Å². The van der Waals surface area contributed by atoms with Crippen LogP contribution in [-0.4, -0.2) is 42.8 Å². The Morgan fingerprint density at radius 2 is 1.91 bits per heavy atom. The van der Waals surface area contributed by atoms with Gasteiger partial charge in [0.05, 0.1) is 5.69 Å². The standard InChI is InChI=1S/C24H31N7O2/c1-14-5-7-17(8-6-14)22(28-23(32)19-11-12-26-31(19)4)24(33)27-20-10-9-18(13-25-20)21-15(2)29-30-16(21)3/h9-14,17,22H,5-8H2,1-4H3,(H,28,32)(H,29,30)(H,25,27,33)/t14-,17-,22-/m0/s1. The van der Waals surface area contributed by atoms with Crippen LogP contribution >= 0.6 is 0 Å². The van der Waals surface area contributed by atoms with E-state index in [1.165, 1.54) is 4.68 Å². The van der Waals surface area contributed by atoms with Crippen LogP contribution in [0.3, 0.4) is 0 Å². The molecule has 33 heavy (non-hydrogen) atoms. The lowest BCUT2D eigenvalue weighted by Gasteiger charge is -2.32. The molecule has 174 valence electrons. The first-order chi connectivity index (χ1) is 15.8. The van der Waals surface area contributed by atoms with Crippen molar-refractivity contribution in [3.63, 3.8) is 0 Å². The molecule has 0 saturated heterocycles. The number of amides is 2. The van der Waals surface area contributed by atoms with Crippen LogP contribution in [0.15, 0.2) is 30.6 Å². The van der Waals surface area contributed by atoms with Crippen LogP contribution in [-0.2, 0) is 11.8 Å². The molecule has 1 atom stereocenters. The normalized spacial score (nSPS) is 19.2. The van der Waals surface area contributed by atoms with Crippen molar-refractivity contribution in [1.29, 1.82) is 0 Å². The van der Waals surface area contributed by atoms with E-state index in [0.717, 1.165) is 48.2 Å². The minimum Gasteiger partial charge on any atom is -0.339 e. The average Bonchev–Trinajstić information content (AvgIpc) is 3.38. The van der Waals surface area contributed by atoms with Gasteiger partial charge in [-0.15, -0.1) is 0 Å². The Hall–Kier alpha value is -3.49. The molecule has 0 radical (unpaired) electrons. The summed E-state index contributed by atoms with van der Waals surface area (Å²) in [4.78, 5) is 30.6. The highest BCUT2D eigenvalue weighted by Gasteiger charge is 2.33. The van der Waals surface area contributed by atoms with E-state index in [1.807, 2.05) is 19.9 Å². The molecule has 3 N–H and O–H groups in total. The van der Waals surface area contributed by atoms with Crippen molar-refractivity contribution in [2.24, 2.45) is 18.9 Å². The van der Waals surface area contributed by atoms with E-state index in [9.17, 15) is 9.59 Å². The summed E-state index contributed by atoms with van der Waals surface area (Å²) in [6.45, 7) is 6.13. The number of aromatic nitrogens is 5. The van der Waals surface area contributed by atoms with Gasteiger partial charge in [-0.2, -0.15) is 10.2 Å². The zero-order valence-electron chi connectivity index (χ0n) is 19.6. The van der Waals surface area contributed by atoms with Gasteiger partial charge >= 0.3 is 0 Å². The van der Waals surface area contributed by atoms with Crippen molar-refractivity contribution in [3.8, 4) is 11.1 Å². The summed E-state index contributed by atoms with van der Waals surface area (Å²) in [6.07, 6.45) is 7.19. The highest BCUT2D eigenvalue weighted by atomic mass is 16.2. The summed E-state index contributed by atoms with van der Waals surface area (Å²) in [6, 6.07) is 4.70. The Morgan fingerprint density at radius 1 is 1.15 bits per heavy atom. The van der Waals surface area contributed by atoms with E-state index in [4.69, 9.17) is 0 Å². The Bertz CT molecular complexity index is 1100. The summed E-state index contributed by atoms with van der Waals surface area (Å²) < 4.78 is 1.51. The number of hydrogen-bond acceptors (Lipinski definition) is 5. The summed E-state index contributed by atoms with van der Waals surface area (Å²) >= 11 is 0. The van der Waals surface area contributed by atoms with E-state index in [2.05, 4.69) is 37.8 Å². The van der Waals surface area contributed by atoms with Gasteiger partial charge in [0.1, 0.15) is 17.6 Å². The molecule has 4 rings (SSSR count). The molecule has 1 aliphatic carbocycles. The first-order valence-corrected chi connectivity index (χ1v) is 11.4. The van der Waals surface area contributed by atoms with Crippen LogP contribution in [0.25, 0.3) is 11.1 Å². The topological polar surface area (TPSA) is 118 Å².